The van der Waals surface area contributed by atoms with E-state index in [0.717, 1.165) is 66.2 Å². The number of pyridine rings is 1. The van der Waals surface area contributed by atoms with Gasteiger partial charge in [-0.1, -0.05) is 6.92 Å². The molecule has 1 fully saturated rings. The average molecular weight is 500 g/mol. The highest BCUT2D eigenvalue weighted by molar-refractivity contribution is 7.18. The van der Waals surface area contributed by atoms with Crippen LogP contribution in [0.2, 0.25) is 0 Å². The molecule has 1 aliphatic heterocycles. The quantitative estimate of drug-likeness (QED) is 0.378. The van der Waals surface area contributed by atoms with E-state index in [0.29, 0.717) is 17.6 Å². The van der Waals surface area contributed by atoms with Gasteiger partial charge in [-0.05, 0) is 67.1 Å². The number of aromatic nitrogens is 3. The zero-order valence-electron chi connectivity index (χ0n) is 20.6. The van der Waals surface area contributed by atoms with Crippen molar-refractivity contribution < 1.29 is 9.53 Å². The van der Waals surface area contributed by atoms with Crippen LogP contribution >= 0.6 is 11.3 Å². The van der Waals surface area contributed by atoms with Crippen LogP contribution in [-0.4, -0.2) is 51.9 Å². The molecular formula is C28H29N5O2S. The number of piperazine rings is 1. The van der Waals surface area contributed by atoms with Gasteiger partial charge < -0.3 is 14.5 Å². The Morgan fingerprint density at radius 2 is 1.89 bits per heavy atom. The zero-order valence-corrected chi connectivity index (χ0v) is 21.4. The number of rotatable bonds is 4. The van der Waals surface area contributed by atoms with Gasteiger partial charge in [0, 0.05) is 61.6 Å². The van der Waals surface area contributed by atoms with Crippen LogP contribution in [-0.2, 0) is 17.6 Å². The summed E-state index contributed by atoms with van der Waals surface area (Å²) in [6, 6.07) is 12.1. The minimum Gasteiger partial charge on any atom is -0.438 e. The van der Waals surface area contributed by atoms with Crippen LogP contribution in [0.15, 0.2) is 48.8 Å². The van der Waals surface area contributed by atoms with Crippen molar-refractivity contribution in [3.8, 4) is 23.0 Å². The van der Waals surface area contributed by atoms with Gasteiger partial charge in [0.15, 0.2) is 5.82 Å². The van der Waals surface area contributed by atoms with E-state index in [-0.39, 0.29) is 5.91 Å². The third kappa shape index (κ3) is 4.41. The molecule has 0 bridgehead atoms. The molecule has 0 unspecified atom stereocenters. The number of thiophene rings is 1. The maximum atomic E-state index is 11.6. The van der Waals surface area contributed by atoms with Crippen molar-refractivity contribution in [2.75, 3.05) is 31.1 Å². The lowest BCUT2D eigenvalue weighted by Gasteiger charge is -2.35. The summed E-state index contributed by atoms with van der Waals surface area (Å²) < 4.78 is 6.46. The Hall–Kier alpha value is -3.52. The van der Waals surface area contributed by atoms with Gasteiger partial charge in [0.05, 0.1) is 5.39 Å². The fourth-order valence-electron chi connectivity index (χ4n) is 5.12. The molecule has 3 aromatic heterocycles. The first-order chi connectivity index (χ1) is 17.5. The van der Waals surface area contributed by atoms with Gasteiger partial charge in [-0.2, -0.15) is 4.98 Å². The third-order valence-electron chi connectivity index (χ3n) is 7.18. The van der Waals surface area contributed by atoms with Crippen LogP contribution < -0.4 is 9.64 Å². The number of anilines is 1. The van der Waals surface area contributed by atoms with Crippen molar-refractivity contribution in [3.05, 3.63) is 59.2 Å². The minimum atomic E-state index is 0.144. The number of carbonyl (C=O) groups excluding carboxylic acids is 1. The number of hydrogen-bond donors (Lipinski definition) is 0. The molecule has 0 N–H and O–H groups in total. The SMILES string of the molecule is CC(=O)N1CCN(c2ccc(Oc3nc(-c4cccnc4)nc4sc5c(c34)CC[C@@H](C)C5)cc2)CC1. The molecule has 1 amide bonds. The molecule has 0 spiro atoms. The highest BCUT2D eigenvalue weighted by atomic mass is 32.1. The van der Waals surface area contributed by atoms with E-state index in [4.69, 9.17) is 14.7 Å². The van der Waals surface area contributed by atoms with Crippen LogP contribution in [0.4, 0.5) is 5.69 Å². The van der Waals surface area contributed by atoms with Gasteiger partial charge in [0.2, 0.25) is 11.8 Å². The molecule has 8 heteroatoms. The second-order valence-corrected chi connectivity index (χ2v) is 10.8. The predicted molar refractivity (Wildman–Crippen MR) is 143 cm³/mol. The summed E-state index contributed by atoms with van der Waals surface area (Å²) in [7, 11) is 0. The molecule has 6 rings (SSSR count). The van der Waals surface area contributed by atoms with Crippen molar-refractivity contribution in [3.63, 3.8) is 0 Å². The number of ether oxygens (including phenoxy) is 1. The number of amides is 1. The highest BCUT2D eigenvalue weighted by Crippen LogP contribution is 2.42. The van der Waals surface area contributed by atoms with Crippen molar-refractivity contribution in [1.82, 2.24) is 19.9 Å². The Morgan fingerprint density at radius 3 is 2.61 bits per heavy atom. The Bertz CT molecular complexity index is 1400. The van der Waals surface area contributed by atoms with Crippen LogP contribution in [0.3, 0.4) is 0 Å². The number of hydrogen-bond acceptors (Lipinski definition) is 7. The van der Waals surface area contributed by atoms with E-state index in [1.54, 1.807) is 30.7 Å². The topological polar surface area (TPSA) is 71.5 Å². The lowest BCUT2D eigenvalue weighted by Crippen LogP contribution is -2.48. The largest absolute Gasteiger partial charge is 0.438 e. The van der Waals surface area contributed by atoms with Crippen LogP contribution in [0.5, 0.6) is 11.6 Å². The second-order valence-electron chi connectivity index (χ2n) is 9.72. The van der Waals surface area contributed by atoms with E-state index in [1.807, 2.05) is 29.2 Å². The molecule has 184 valence electrons. The molecular weight excluding hydrogens is 470 g/mol. The molecule has 4 heterocycles. The molecule has 4 aromatic rings. The summed E-state index contributed by atoms with van der Waals surface area (Å²) >= 11 is 1.77. The van der Waals surface area contributed by atoms with E-state index in [9.17, 15) is 4.79 Å². The molecule has 0 radical (unpaired) electrons. The summed E-state index contributed by atoms with van der Waals surface area (Å²) in [6.07, 6.45) is 6.85. The average Bonchev–Trinajstić information content (AvgIpc) is 3.27. The Labute approximate surface area is 214 Å². The fraction of sp³-hybridized carbons (Fsp3) is 0.357. The lowest BCUT2D eigenvalue weighted by atomic mass is 9.89. The van der Waals surface area contributed by atoms with E-state index in [1.165, 1.54) is 16.9 Å². The maximum absolute atomic E-state index is 11.6. The summed E-state index contributed by atoms with van der Waals surface area (Å²) in [5, 5.41) is 1.05. The molecule has 7 nitrogen and oxygen atoms in total. The monoisotopic (exact) mass is 499 g/mol. The summed E-state index contributed by atoms with van der Waals surface area (Å²) in [4.78, 5) is 32.3. The normalized spacial score (nSPS) is 17.8. The number of aryl methyl sites for hydroxylation is 1. The fourth-order valence-corrected chi connectivity index (χ4v) is 6.50. The van der Waals surface area contributed by atoms with Gasteiger partial charge in [-0.3, -0.25) is 9.78 Å². The van der Waals surface area contributed by atoms with E-state index in [2.05, 4.69) is 28.9 Å². The van der Waals surface area contributed by atoms with Crippen molar-refractivity contribution in [2.45, 2.75) is 33.1 Å². The first kappa shape index (κ1) is 22.9. The first-order valence-corrected chi connectivity index (χ1v) is 13.4. The zero-order chi connectivity index (χ0) is 24.6. The van der Waals surface area contributed by atoms with Gasteiger partial charge in [0.1, 0.15) is 10.6 Å². The van der Waals surface area contributed by atoms with Crippen molar-refractivity contribution in [2.24, 2.45) is 5.92 Å². The number of fused-ring (bicyclic) bond motifs is 3. The molecule has 1 saturated heterocycles. The van der Waals surface area contributed by atoms with Crippen LogP contribution in [0.1, 0.15) is 30.7 Å². The summed E-state index contributed by atoms with van der Waals surface area (Å²) in [6.45, 7) is 7.13. The Morgan fingerprint density at radius 1 is 1.08 bits per heavy atom. The maximum Gasteiger partial charge on any atom is 0.231 e. The van der Waals surface area contributed by atoms with Crippen LogP contribution in [0.25, 0.3) is 21.6 Å². The standard InChI is InChI=1S/C28H29N5O2S/c1-18-5-10-23-24(16-18)36-28-25(23)27(30-26(31-28)20-4-3-11-29-17-20)35-22-8-6-21(7-9-22)33-14-12-32(13-15-33)19(2)34/h3-4,6-9,11,17-18H,5,10,12-16H2,1-2H3/t18-/m1/s1. The van der Waals surface area contributed by atoms with Gasteiger partial charge in [-0.25, -0.2) is 4.98 Å². The Kier molecular flexibility index (Phi) is 6.05. The summed E-state index contributed by atoms with van der Waals surface area (Å²) in [5.41, 5.74) is 3.36. The minimum absolute atomic E-state index is 0.144. The lowest BCUT2D eigenvalue weighted by molar-refractivity contribution is -0.129. The summed E-state index contributed by atoms with van der Waals surface area (Å²) in [5.74, 6) is 2.84. The molecule has 2 aliphatic rings. The number of carbonyl (C=O) groups is 1. The van der Waals surface area contributed by atoms with E-state index >= 15 is 0 Å². The number of benzene rings is 1. The van der Waals surface area contributed by atoms with Gasteiger partial charge in [-0.15, -0.1) is 11.3 Å². The van der Waals surface area contributed by atoms with Crippen LogP contribution in [0, 0.1) is 5.92 Å². The molecule has 1 atom stereocenters. The second kappa shape index (κ2) is 9.50. The first-order valence-electron chi connectivity index (χ1n) is 12.6. The predicted octanol–water partition coefficient (Wildman–Crippen LogP) is 5.34. The van der Waals surface area contributed by atoms with Gasteiger partial charge >= 0.3 is 0 Å². The van der Waals surface area contributed by atoms with Crippen molar-refractivity contribution in [1.29, 1.82) is 0 Å². The molecule has 1 aromatic carbocycles. The van der Waals surface area contributed by atoms with E-state index < -0.39 is 0 Å². The third-order valence-corrected chi connectivity index (χ3v) is 8.33. The Balaban J connectivity index is 1.32. The van der Waals surface area contributed by atoms with Gasteiger partial charge in [0.25, 0.3) is 0 Å². The number of nitrogens with zero attached hydrogens (tertiary/aromatic N) is 5. The highest BCUT2D eigenvalue weighted by Gasteiger charge is 2.25. The molecule has 0 saturated carbocycles. The smallest absolute Gasteiger partial charge is 0.231 e. The molecule has 36 heavy (non-hydrogen) atoms. The van der Waals surface area contributed by atoms with Crippen molar-refractivity contribution >= 4 is 33.1 Å². The molecule has 1 aliphatic carbocycles.